The number of aromatic carboxylic acids is 1. The van der Waals surface area contributed by atoms with Gasteiger partial charge in [0.2, 0.25) is 0 Å². The van der Waals surface area contributed by atoms with Crippen molar-refractivity contribution in [2.24, 2.45) is 0 Å². The molecule has 7 heteroatoms. The van der Waals surface area contributed by atoms with E-state index in [-0.39, 0.29) is 5.56 Å². The van der Waals surface area contributed by atoms with Crippen molar-refractivity contribution in [2.75, 3.05) is 31.1 Å². The monoisotopic (exact) mass is 251 g/mol. The Morgan fingerprint density at radius 3 is 2.22 bits per heavy atom. The average molecular weight is 251 g/mol. The van der Waals surface area contributed by atoms with Gasteiger partial charge in [0.15, 0.2) is 0 Å². The van der Waals surface area contributed by atoms with Gasteiger partial charge in [0.1, 0.15) is 5.82 Å². The molecule has 0 spiro atoms. The van der Waals surface area contributed by atoms with Gasteiger partial charge < -0.3 is 20.0 Å². The second-order valence-corrected chi connectivity index (χ2v) is 3.97. The van der Waals surface area contributed by atoms with Crippen LogP contribution in [0.25, 0.3) is 0 Å². The number of hydrogen-bond donors (Lipinski definition) is 2. The first-order valence-electron chi connectivity index (χ1n) is 5.50. The molecule has 1 aliphatic rings. The second kappa shape index (κ2) is 4.91. The van der Waals surface area contributed by atoms with Crippen LogP contribution in [0.15, 0.2) is 18.3 Å². The number of aromatic nitrogens is 1. The third kappa shape index (κ3) is 2.50. The van der Waals surface area contributed by atoms with Crippen molar-refractivity contribution in [3.63, 3.8) is 0 Å². The molecule has 0 radical (unpaired) electrons. The first-order valence-corrected chi connectivity index (χ1v) is 5.50. The van der Waals surface area contributed by atoms with E-state index in [1.165, 1.54) is 17.2 Å². The van der Waals surface area contributed by atoms with Gasteiger partial charge in [-0.15, -0.1) is 0 Å². The molecule has 0 saturated carbocycles. The van der Waals surface area contributed by atoms with Gasteiger partial charge in [-0.05, 0) is 12.1 Å². The van der Waals surface area contributed by atoms with Crippen LogP contribution >= 0.6 is 0 Å². The van der Waals surface area contributed by atoms with Crippen LogP contribution in [0.2, 0.25) is 0 Å². The molecule has 1 aliphatic heterocycles. The molecule has 0 bridgehead atoms. The van der Waals surface area contributed by atoms with Crippen LogP contribution in [0.5, 0.6) is 0 Å². The Morgan fingerprint density at radius 1 is 1.11 bits per heavy atom. The number of hydrogen-bond acceptors (Lipinski definition) is 4. The largest absolute Gasteiger partial charge is 0.478 e. The quantitative estimate of drug-likeness (QED) is 0.798. The van der Waals surface area contributed by atoms with Gasteiger partial charge in [-0.3, -0.25) is 0 Å². The first kappa shape index (κ1) is 12.2. The van der Waals surface area contributed by atoms with Gasteiger partial charge in [-0.2, -0.15) is 0 Å². The molecule has 2 N–H and O–H groups in total. The third-order valence-corrected chi connectivity index (χ3v) is 2.87. The third-order valence-electron chi connectivity index (χ3n) is 2.87. The Morgan fingerprint density at radius 2 is 1.78 bits per heavy atom. The Kier molecular flexibility index (Phi) is 3.31. The molecule has 0 aliphatic carbocycles. The fourth-order valence-electron chi connectivity index (χ4n) is 1.83. The summed E-state index contributed by atoms with van der Waals surface area (Å²) in [7, 11) is 0. The summed E-state index contributed by atoms with van der Waals surface area (Å²) >= 11 is 0. The lowest BCUT2D eigenvalue weighted by Crippen LogP contribution is -2.48. The van der Waals surface area contributed by atoms with E-state index in [4.69, 9.17) is 10.2 Å². The smallest absolute Gasteiger partial charge is 0.407 e. The minimum absolute atomic E-state index is 0.142. The lowest BCUT2D eigenvalue weighted by atomic mass is 10.2. The normalized spacial score (nSPS) is 15.6. The van der Waals surface area contributed by atoms with Gasteiger partial charge in [-0.25, -0.2) is 14.6 Å². The standard InChI is InChI=1S/C11H13N3O4/c15-10(16)8-1-2-9(12-7-8)13-3-5-14(6-4-13)11(17)18/h1-2,7H,3-6H2,(H,15,16)(H,17,18). The van der Waals surface area contributed by atoms with Crippen molar-refractivity contribution < 1.29 is 19.8 Å². The molecule has 0 aromatic carbocycles. The van der Waals surface area contributed by atoms with E-state index in [0.29, 0.717) is 32.0 Å². The maximum atomic E-state index is 10.7. The summed E-state index contributed by atoms with van der Waals surface area (Å²) in [5.41, 5.74) is 0.142. The summed E-state index contributed by atoms with van der Waals surface area (Å²) in [6.07, 6.45) is 0.394. The average Bonchev–Trinajstić information content (AvgIpc) is 2.39. The van der Waals surface area contributed by atoms with Crippen LogP contribution in [0.1, 0.15) is 10.4 Å². The Hall–Kier alpha value is -2.31. The predicted molar refractivity (Wildman–Crippen MR) is 63.0 cm³/mol. The molecule has 18 heavy (non-hydrogen) atoms. The SMILES string of the molecule is O=C(O)c1ccc(N2CCN(C(=O)O)CC2)nc1. The highest BCUT2D eigenvalue weighted by Crippen LogP contribution is 2.14. The number of carboxylic acids is 1. The number of anilines is 1. The van der Waals surface area contributed by atoms with Crippen molar-refractivity contribution >= 4 is 17.9 Å². The first-order chi connectivity index (χ1) is 8.58. The van der Waals surface area contributed by atoms with Gasteiger partial charge in [0.05, 0.1) is 5.56 Å². The van der Waals surface area contributed by atoms with Crippen molar-refractivity contribution in [3.8, 4) is 0 Å². The van der Waals surface area contributed by atoms with Crippen LogP contribution in [0.3, 0.4) is 0 Å². The highest BCUT2D eigenvalue weighted by Gasteiger charge is 2.21. The molecule has 2 heterocycles. The molecular formula is C11H13N3O4. The van der Waals surface area contributed by atoms with Crippen LogP contribution < -0.4 is 4.90 Å². The molecule has 2 rings (SSSR count). The van der Waals surface area contributed by atoms with E-state index in [2.05, 4.69) is 4.98 Å². The zero-order valence-electron chi connectivity index (χ0n) is 9.61. The maximum Gasteiger partial charge on any atom is 0.407 e. The Bertz CT molecular complexity index is 452. The topological polar surface area (TPSA) is 94.0 Å². The number of nitrogens with zero attached hydrogens (tertiary/aromatic N) is 3. The molecule has 1 aromatic rings. The van der Waals surface area contributed by atoms with Crippen molar-refractivity contribution in [1.29, 1.82) is 0 Å². The summed E-state index contributed by atoms with van der Waals surface area (Å²) in [4.78, 5) is 28.8. The molecule has 1 fully saturated rings. The summed E-state index contributed by atoms with van der Waals surface area (Å²) in [5.74, 6) is -0.338. The highest BCUT2D eigenvalue weighted by atomic mass is 16.4. The van der Waals surface area contributed by atoms with Crippen LogP contribution in [0.4, 0.5) is 10.6 Å². The number of carbonyl (C=O) groups is 2. The van der Waals surface area contributed by atoms with Crippen LogP contribution in [-0.2, 0) is 0 Å². The minimum atomic E-state index is -1.01. The molecule has 96 valence electrons. The number of pyridine rings is 1. The summed E-state index contributed by atoms with van der Waals surface area (Å²) in [6.45, 7) is 1.98. The molecule has 1 amide bonds. The van der Waals surface area contributed by atoms with Crippen molar-refractivity contribution in [3.05, 3.63) is 23.9 Å². The molecule has 1 aromatic heterocycles. The van der Waals surface area contributed by atoms with Gasteiger partial charge in [0, 0.05) is 32.4 Å². The molecular weight excluding hydrogens is 238 g/mol. The lowest BCUT2D eigenvalue weighted by Gasteiger charge is -2.33. The zero-order valence-corrected chi connectivity index (χ0v) is 9.61. The zero-order chi connectivity index (χ0) is 13.1. The van der Waals surface area contributed by atoms with Gasteiger partial charge in [0.25, 0.3) is 0 Å². The fraction of sp³-hybridized carbons (Fsp3) is 0.364. The number of carboxylic acid groups (broad SMARTS) is 2. The van der Waals surface area contributed by atoms with E-state index < -0.39 is 12.1 Å². The molecule has 0 atom stereocenters. The summed E-state index contributed by atoms with van der Waals surface area (Å²) in [5, 5.41) is 17.6. The molecule has 1 saturated heterocycles. The second-order valence-electron chi connectivity index (χ2n) is 3.97. The van der Waals surface area contributed by atoms with Crippen molar-refractivity contribution in [1.82, 2.24) is 9.88 Å². The Balaban J connectivity index is 2.01. The maximum absolute atomic E-state index is 10.7. The summed E-state index contributed by atoms with van der Waals surface area (Å²) in [6, 6.07) is 3.13. The Labute approximate surface area is 103 Å². The molecule has 0 unspecified atom stereocenters. The summed E-state index contributed by atoms with van der Waals surface area (Å²) < 4.78 is 0. The van der Waals surface area contributed by atoms with E-state index in [0.717, 1.165) is 0 Å². The lowest BCUT2D eigenvalue weighted by molar-refractivity contribution is 0.0696. The van der Waals surface area contributed by atoms with Crippen molar-refractivity contribution in [2.45, 2.75) is 0 Å². The van der Waals surface area contributed by atoms with E-state index >= 15 is 0 Å². The van der Waals surface area contributed by atoms with Crippen LogP contribution in [0, 0.1) is 0 Å². The number of rotatable bonds is 2. The van der Waals surface area contributed by atoms with Gasteiger partial charge in [-0.1, -0.05) is 0 Å². The predicted octanol–water partition coefficient (Wildman–Crippen LogP) is 0.580. The van der Waals surface area contributed by atoms with Gasteiger partial charge >= 0.3 is 12.1 Å². The van der Waals surface area contributed by atoms with E-state index in [1.807, 2.05) is 4.90 Å². The van der Waals surface area contributed by atoms with E-state index in [1.54, 1.807) is 6.07 Å². The fourth-order valence-corrected chi connectivity index (χ4v) is 1.83. The highest BCUT2D eigenvalue weighted by molar-refractivity contribution is 5.87. The minimum Gasteiger partial charge on any atom is -0.478 e. The van der Waals surface area contributed by atoms with E-state index in [9.17, 15) is 9.59 Å². The molecule has 7 nitrogen and oxygen atoms in total. The number of amides is 1. The number of piperazine rings is 1. The van der Waals surface area contributed by atoms with Crippen LogP contribution in [-0.4, -0.2) is 58.3 Å².